The highest BCUT2D eigenvalue weighted by Gasteiger charge is 2.08. The molecule has 1 N–H and O–H groups in total. The second kappa shape index (κ2) is 6.48. The fourth-order valence-corrected chi connectivity index (χ4v) is 1.37. The summed E-state index contributed by atoms with van der Waals surface area (Å²) >= 11 is 0. The van der Waals surface area contributed by atoms with Crippen LogP contribution in [0, 0.1) is 0 Å². The lowest BCUT2D eigenvalue weighted by Gasteiger charge is -2.08. The van der Waals surface area contributed by atoms with Crippen molar-refractivity contribution in [2.45, 2.75) is 13.3 Å². The van der Waals surface area contributed by atoms with Crippen molar-refractivity contribution in [2.24, 2.45) is 0 Å². The van der Waals surface area contributed by atoms with Crippen molar-refractivity contribution in [1.29, 1.82) is 0 Å². The Morgan fingerprint density at radius 1 is 1.42 bits per heavy atom. The topological polar surface area (TPSA) is 77.8 Å². The minimum absolute atomic E-state index is 0.276. The molecule has 0 aliphatic carbocycles. The summed E-state index contributed by atoms with van der Waals surface area (Å²) in [7, 11) is 0. The lowest BCUT2D eigenvalue weighted by molar-refractivity contribution is 0.297. The van der Waals surface area contributed by atoms with Crippen molar-refractivity contribution in [3.63, 3.8) is 0 Å². The first-order chi connectivity index (χ1) is 9.33. The van der Waals surface area contributed by atoms with Crippen LogP contribution in [0.1, 0.15) is 13.3 Å². The number of ether oxygens (including phenoxy) is 1. The van der Waals surface area contributed by atoms with E-state index in [0.29, 0.717) is 25.0 Å². The number of anilines is 1. The van der Waals surface area contributed by atoms with Crippen molar-refractivity contribution in [2.75, 3.05) is 18.5 Å². The number of rotatable bonds is 7. The molecule has 0 bridgehead atoms. The third kappa shape index (κ3) is 3.51. The molecule has 0 atom stereocenters. The predicted molar refractivity (Wildman–Crippen MR) is 71.4 cm³/mol. The molecule has 0 radical (unpaired) electrons. The first-order valence-electron chi connectivity index (χ1n) is 6.07. The third-order valence-corrected chi connectivity index (χ3v) is 2.20. The molecule has 0 spiro atoms. The monoisotopic (exact) mass is 260 g/mol. The molecule has 0 saturated carbocycles. The first kappa shape index (κ1) is 13.0. The molecular formula is C12H16N6O. The zero-order chi connectivity index (χ0) is 13.5. The van der Waals surface area contributed by atoms with Gasteiger partial charge in [-0.05, 0) is 19.4 Å². The standard InChI is InChI=1S/C12H16N6O/c1-3-5-9-19-12-16-10(13-4-2)15-11(17-12)18-8-6-7-14-18/h3,6-8H,1,4-5,9H2,2H3,(H,13,15,16,17). The average Bonchev–Trinajstić information content (AvgIpc) is 2.93. The van der Waals surface area contributed by atoms with Crippen LogP contribution in [0.2, 0.25) is 0 Å². The van der Waals surface area contributed by atoms with E-state index < -0.39 is 0 Å². The Bertz CT molecular complexity index is 525. The zero-order valence-corrected chi connectivity index (χ0v) is 10.8. The quantitative estimate of drug-likeness (QED) is 0.599. The highest BCUT2D eigenvalue weighted by molar-refractivity contribution is 5.29. The molecule has 0 aromatic carbocycles. The van der Waals surface area contributed by atoms with Crippen molar-refractivity contribution in [3.05, 3.63) is 31.1 Å². The first-order valence-corrected chi connectivity index (χ1v) is 6.07. The molecular weight excluding hydrogens is 244 g/mol. The highest BCUT2D eigenvalue weighted by atomic mass is 16.5. The van der Waals surface area contributed by atoms with Gasteiger partial charge in [0.25, 0.3) is 5.95 Å². The summed E-state index contributed by atoms with van der Waals surface area (Å²) in [5.74, 6) is 0.890. The Morgan fingerprint density at radius 2 is 2.32 bits per heavy atom. The molecule has 2 heterocycles. The number of hydrogen-bond donors (Lipinski definition) is 1. The van der Waals surface area contributed by atoms with Crippen LogP contribution in [0.5, 0.6) is 6.01 Å². The lowest BCUT2D eigenvalue weighted by atomic mass is 10.5. The molecule has 0 unspecified atom stereocenters. The highest BCUT2D eigenvalue weighted by Crippen LogP contribution is 2.10. The van der Waals surface area contributed by atoms with Crippen LogP contribution >= 0.6 is 0 Å². The molecule has 0 aliphatic heterocycles. The zero-order valence-electron chi connectivity index (χ0n) is 10.8. The van der Waals surface area contributed by atoms with Gasteiger partial charge in [0.15, 0.2) is 0 Å². The molecule has 2 rings (SSSR count). The molecule has 100 valence electrons. The second-order valence-electron chi connectivity index (χ2n) is 3.65. The minimum atomic E-state index is 0.276. The lowest BCUT2D eigenvalue weighted by Crippen LogP contribution is -2.11. The van der Waals surface area contributed by atoms with Gasteiger partial charge in [0, 0.05) is 18.9 Å². The summed E-state index contributed by atoms with van der Waals surface area (Å²) in [5, 5.41) is 7.13. The van der Waals surface area contributed by atoms with Crippen molar-refractivity contribution in [3.8, 4) is 12.0 Å². The van der Waals surface area contributed by atoms with E-state index in [-0.39, 0.29) is 6.01 Å². The predicted octanol–water partition coefficient (Wildman–Crippen LogP) is 1.44. The molecule has 2 aromatic rings. The molecule has 0 amide bonds. The van der Waals surface area contributed by atoms with Crippen molar-refractivity contribution < 1.29 is 4.74 Å². The number of nitrogens with one attached hydrogen (secondary N) is 1. The number of aromatic nitrogens is 5. The summed E-state index contributed by atoms with van der Waals surface area (Å²) in [5.41, 5.74) is 0. The van der Waals surface area contributed by atoms with Gasteiger partial charge >= 0.3 is 6.01 Å². The Labute approximate surface area is 111 Å². The van der Waals surface area contributed by atoms with Crippen LogP contribution in [-0.4, -0.2) is 37.9 Å². The van der Waals surface area contributed by atoms with Gasteiger partial charge in [-0.3, -0.25) is 0 Å². The van der Waals surface area contributed by atoms with Gasteiger partial charge < -0.3 is 10.1 Å². The van der Waals surface area contributed by atoms with Gasteiger partial charge in [-0.25, -0.2) is 4.68 Å². The van der Waals surface area contributed by atoms with E-state index in [2.05, 4.69) is 31.9 Å². The van der Waals surface area contributed by atoms with Gasteiger partial charge in [-0.2, -0.15) is 20.1 Å². The maximum Gasteiger partial charge on any atom is 0.323 e. The number of hydrogen-bond acceptors (Lipinski definition) is 6. The third-order valence-electron chi connectivity index (χ3n) is 2.20. The Balaban J connectivity index is 2.24. The van der Waals surface area contributed by atoms with Crippen LogP contribution in [0.15, 0.2) is 31.1 Å². The summed E-state index contributed by atoms with van der Waals surface area (Å²) in [6, 6.07) is 2.08. The minimum Gasteiger partial charge on any atom is -0.463 e. The second-order valence-corrected chi connectivity index (χ2v) is 3.65. The molecule has 19 heavy (non-hydrogen) atoms. The van der Waals surface area contributed by atoms with E-state index in [1.54, 1.807) is 29.2 Å². The molecule has 0 aliphatic rings. The summed E-state index contributed by atoms with van der Waals surface area (Å²) < 4.78 is 7.02. The smallest absolute Gasteiger partial charge is 0.323 e. The average molecular weight is 260 g/mol. The van der Waals surface area contributed by atoms with Crippen molar-refractivity contribution >= 4 is 5.95 Å². The van der Waals surface area contributed by atoms with Crippen LogP contribution in [0.4, 0.5) is 5.95 Å². The van der Waals surface area contributed by atoms with Gasteiger partial charge in [0.1, 0.15) is 0 Å². The maximum atomic E-state index is 5.46. The SMILES string of the molecule is C=CCCOc1nc(NCC)nc(-n2cccn2)n1. The number of nitrogens with zero attached hydrogens (tertiary/aromatic N) is 5. The summed E-state index contributed by atoms with van der Waals surface area (Å²) in [6.45, 7) is 6.81. The van der Waals surface area contributed by atoms with E-state index in [1.165, 1.54) is 0 Å². The normalized spacial score (nSPS) is 10.2. The van der Waals surface area contributed by atoms with Crippen molar-refractivity contribution in [1.82, 2.24) is 24.7 Å². The summed E-state index contributed by atoms with van der Waals surface area (Å²) in [6.07, 6.45) is 5.94. The van der Waals surface area contributed by atoms with Gasteiger partial charge in [0.05, 0.1) is 6.61 Å². The van der Waals surface area contributed by atoms with Crippen LogP contribution in [0.3, 0.4) is 0 Å². The summed E-state index contributed by atoms with van der Waals surface area (Å²) in [4.78, 5) is 12.6. The maximum absolute atomic E-state index is 5.46. The van der Waals surface area contributed by atoms with Gasteiger partial charge in [-0.1, -0.05) is 6.08 Å². The van der Waals surface area contributed by atoms with Gasteiger partial charge in [-0.15, -0.1) is 6.58 Å². The Hall–Kier alpha value is -2.44. The fourth-order valence-electron chi connectivity index (χ4n) is 1.37. The largest absolute Gasteiger partial charge is 0.463 e. The molecule has 0 saturated heterocycles. The molecule has 0 fully saturated rings. The van der Waals surface area contributed by atoms with Crippen LogP contribution in [0.25, 0.3) is 5.95 Å². The Kier molecular flexibility index (Phi) is 4.44. The van der Waals surface area contributed by atoms with Gasteiger partial charge in [0.2, 0.25) is 5.95 Å². The van der Waals surface area contributed by atoms with E-state index in [9.17, 15) is 0 Å². The van der Waals surface area contributed by atoms with E-state index in [0.717, 1.165) is 6.42 Å². The molecule has 7 heteroatoms. The van der Waals surface area contributed by atoms with E-state index in [4.69, 9.17) is 4.74 Å². The van der Waals surface area contributed by atoms with E-state index >= 15 is 0 Å². The fraction of sp³-hybridized carbons (Fsp3) is 0.333. The van der Waals surface area contributed by atoms with Crippen LogP contribution in [-0.2, 0) is 0 Å². The van der Waals surface area contributed by atoms with Crippen LogP contribution < -0.4 is 10.1 Å². The molecule has 2 aromatic heterocycles. The molecule has 7 nitrogen and oxygen atoms in total. The van der Waals surface area contributed by atoms with E-state index in [1.807, 2.05) is 6.92 Å². The Morgan fingerprint density at radius 3 is 3.00 bits per heavy atom.